The molecule has 15 heavy (non-hydrogen) atoms. The Labute approximate surface area is 93.1 Å². The predicted octanol–water partition coefficient (Wildman–Crippen LogP) is 3.54. The average molecular weight is 209 g/mol. The van der Waals surface area contributed by atoms with Gasteiger partial charge in [-0.2, -0.15) is 0 Å². The highest BCUT2D eigenvalue weighted by Gasteiger charge is 2.15. The molecule has 86 valence electrons. The van der Waals surface area contributed by atoms with Crippen molar-refractivity contribution in [2.45, 2.75) is 46.1 Å². The Morgan fingerprint density at radius 3 is 2.53 bits per heavy atom. The maximum Gasteiger partial charge on any atom is 0.121 e. The third kappa shape index (κ3) is 3.38. The fourth-order valence-electron chi connectivity index (χ4n) is 1.72. The number of furan rings is 1. The minimum Gasteiger partial charge on any atom is -0.464 e. The molecule has 2 unspecified atom stereocenters. The van der Waals surface area contributed by atoms with E-state index < -0.39 is 0 Å². The lowest BCUT2D eigenvalue weighted by atomic mass is 9.98. The van der Waals surface area contributed by atoms with E-state index in [-0.39, 0.29) is 0 Å². The van der Waals surface area contributed by atoms with E-state index in [1.807, 2.05) is 7.05 Å². The fourth-order valence-corrected chi connectivity index (χ4v) is 1.72. The van der Waals surface area contributed by atoms with Crippen molar-refractivity contribution in [3.05, 3.63) is 23.7 Å². The molecule has 0 aromatic carbocycles. The van der Waals surface area contributed by atoms with Gasteiger partial charge in [0.1, 0.15) is 11.5 Å². The summed E-state index contributed by atoms with van der Waals surface area (Å²) in [4.78, 5) is 0. The molecule has 2 heteroatoms. The Morgan fingerprint density at radius 1 is 1.33 bits per heavy atom. The van der Waals surface area contributed by atoms with Crippen molar-refractivity contribution in [1.82, 2.24) is 5.32 Å². The molecule has 2 nitrogen and oxygen atoms in total. The van der Waals surface area contributed by atoms with E-state index in [0.717, 1.165) is 30.3 Å². The van der Waals surface area contributed by atoms with Crippen molar-refractivity contribution < 1.29 is 4.42 Å². The molecule has 1 N–H and O–H groups in total. The van der Waals surface area contributed by atoms with E-state index in [2.05, 4.69) is 38.2 Å². The molecule has 0 aliphatic carbocycles. The van der Waals surface area contributed by atoms with Crippen LogP contribution in [0.5, 0.6) is 0 Å². The zero-order valence-electron chi connectivity index (χ0n) is 10.3. The van der Waals surface area contributed by atoms with Crippen LogP contribution in [0.2, 0.25) is 0 Å². The molecule has 0 saturated carbocycles. The quantitative estimate of drug-likeness (QED) is 0.775. The maximum absolute atomic E-state index is 5.77. The van der Waals surface area contributed by atoms with Crippen LogP contribution in [0.3, 0.4) is 0 Å². The van der Waals surface area contributed by atoms with Crippen LogP contribution < -0.4 is 5.32 Å². The van der Waals surface area contributed by atoms with E-state index in [1.54, 1.807) is 0 Å². The molecule has 2 atom stereocenters. The molecule has 0 saturated heterocycles. The molecule has 0 amide bonds. The second-order valence-corrected chi connectivity index (χ2v) is 4.25. The van der Waals surface area contributed by atoms with Gasteiger partial charge in [-0.25, -0.2) is 0 Å². The normalized spacial score (nSPS) is 15.2. The van der Waals surface area contributed by atoms with Crippen molar-refractivity contribution in [3.63, 3.8) is 0 Å². The first kappa shape index (κ1) is 12.3. The number of nitrogens with one attached hydrogen (secondary N) is 1. The molecule has 1 rings (SSSR count). The molecule has 1 aromatic heterocycles. The highest BCUT2D eigenvalue weighted by molar-refractivity contribution is 5.10. The van der Waals surface area contributed by atoms with Crippen LogP contribution in [-0.4, -0.2) is 7.05 Å². The van der Waals surface area contributed by atoms with Crippen molar-refractivity contribution in [3.8, 4) is 0 Å². The molecule has 0 aliphatic heterocycles. The summed E-state index contributed by atoms with van der Waals surface area (Å²) >= 11 is 0. The third-order valence-electron chi connectivity index (χ3n) is 3.06. The maximum atomic E-state index is 5.77. The Morgan fingerprint density at radius 2 is 2.07 bits per heavy atom. The van der Waals surface area contributed by atoms with Crippen LogP contribution in [-0.2, 0) is 6.42 Å². The van der Waals surface area contributed by atoms with E-state index in [1.165, 1.54) is 6.42 Å². The zero-order chi connectivity index (χ0) is 11.3. The summed E-state index contributed by atoms with van der Waals surface area (Å²) in [6.07, 6.45) is 3.34. The highest BCUT2D eigenvalue weighted by Crippen LogP contribution is 2.24. The van der Waals surface area contributed by atoms with Crippen molar-refractivity contribution >= 4 is 0 Å². The topological polar surface area (TPSA) is 25.2 Å². The van der Waals surface area contributed by atoms with Gasteiger partial charge in [-0.3, -0.25) is 0 Å². The Balaban J connectivity index is 2.65. The van der Waals surface area contributed by atoms with Gasteiger partial charge in [0.2, 0.25) is 0 Å². The molecule has 0 aliphatic rings. The standard InChI is InChI=1S/C13H23NO/c1-5-10(3)9-12(14-4)13-8-7-11(6-2)15-13/h7-8,10,12,14H,5-6,9H2,1-4H3. The van der Waals surface area contributed by atoms with Crippen LogP contribution in [0, 0.1) is 5.92 Å². The van der Waals surface area contributed by atoms with Gasteiger partial charge in [0.05, 0.1) is 6.04 Å². The first-order valence-electron chi connectivity index (χ1n) is 5.97. The Hall–Kier alpha value is -0.760. The fraction of sp³-hybridized carbons (Fsp3) is 0.692. The third-order valence-corrected chi connectivity index (χ3v) is 3.06. The molecule has 0 radical (unpaired) electrons. The first-order valence-corrected chi connectivity index (χ1v) is 5.97. The lowest BCUT2D eigenvalue weighted by Crippen LogP contribution is -2.18. The van der Waals surface area contributed by atoms with Gasteiger partial charge in [0, 0.05) is 6.42 Å². The summed E-state index contributed by atoms with van der Waals surface area (Å²) in [6, 6.07) is 4.54. The van der Waals surface area contributed by atoms with Crippen LogP contribution in [0.15, 0.2) is 16.5 Å². The molecule has 0 fully saturated rings. The number of hydrogen-bond donors (Lipinski definition) is 1. The summed E-state index contributed by atoms with van der Waals surface area (Å²) in [5.41, 5.74) is 0. The van der Waals surface area contributed by atoms with Crippen LogP contribution in [0.4, 0.5) is 0 Å². The van der Waals surface area contributed by atoms with Gasteiger partial charge < -0.3 is 9.73 Å². The zero-order valence-corrected chi connectivity index (χ0v) is 10.3. The second kappa shape index (κ2) is 5.96. The first-order chi connectivity index (χ1) is 7.21. The molecular weight excluding hydrogens is 186 g/mol. The van der Waals surface area contributed by atoms with E-state index in [0.29, 0.717) is 6.04 Å². The van der Waals surface area contributed by atoms with Crippen molar-refractivity contribution in [2.75, 3.05) is 7.05 Å². The smallest absolute Gasteiger partial charge is 0.121 e. The summed E-state index contributed by atoms with van der Waals surface area (Å²) in [7, 11) is 2.00. The molecule has 1 aromatic rings. The van der Waals surface area contributed by atoms with Crippen molar-refractivity contribution in [1.29, 1.82) is 0 Å². The minimum absolute atomic E-state index is 0.361. The lowest BCUT2D eigenvalue weighted by Gasteiger charge is -2.17. The van der Waals surface area contributed by atoms with Crippen LogP contribution in [0.1, 0.15) is 51.2 Å². The molecule has 1 heterocycles. The van der Waals surface area contributed by atoms with Crippen LogP contribution in [0.25, 0.3) is 0 Å². The Kier molecular flexibility index (Phi) is 4.89. The van der Waals surface area contributed by atoms with E-state index in [4.69, 9.17) is 4.42 Å². The van der Waals surface area contributed by atoms with Gasteiger partial charge in [0.15, 0.2) is 0 Å². The van der Waals surface area contributed by atoms with Gasteiger partial charge >= 0.3 is 0 Å². The van der Waals surface area contributed by atoms with Crippen molar-refractivity contribution in [2.24, 2.45) is 5.92 Å². The second-order valence-electron chi connectivity index (χ2n) is 4.25. The summed E-state index contributed by atoms with van der Waals surface area (Å²) in [5, 5.41) is 3.33. The van der Waals surface area contributed by atoms with E-state index >= 15 is 0 Å². The average Bonchev–Trinajstić information content (AvgIpc) is 2.73. The molecule has 0 spiro atoms. The highest BCUT2D eigenvalue weighted by atomic mass is 16.3. The lowest BCUT2D eigenvalue weighted by molar-refractivity contribution is 0.352. The molecular formula is C13H23NO. The summed E-state index contributed by atoms with van der Waals surface area (Å²) in [5.74, 6) is 2.89. The predicted molar refractivity (Wildman–Crippen MR) is 64.0 cm³/mol. The monoisotopic (exact) mass is 209 g/mol. The van der Waals surface area contributed by atoms with Gasteiger partial charge in [-0.15, -0.1) is 0 Å². The largest absolute Gasteiger partial charge is 0.464 e. The van der Waals surface area contributed by atoms with Gasteiger partial charge in [-0.05, 0) is 31.5 Å². The van der Waals surface area contributed by atoms with Gasteiger partial charge in [-0.1, -0.05) is 27.2 Å². The van der Waals surface area contributed by atoms with Gasteiger partial charge in [0.25, 0.3) is 0 Å². The van der Waals surface area contributed by atoms with E-state index in [9.17, 15) is 0 Å². The number of aryl methyl sites for hydroxylation is 1. The Bertz CT molecular complexity index is 280. The summed E-state index contributed by atoms with van der Waals surface area (Å²) in [6.45, 7) is 6.64. The summed E-state index contributed by atoms with van der Waals surface area (Å²) < 4.78 is 5.77. The number of hydrogen-bond acceptors (Lipinski definition) is 2. The minimum atomic E-state index is 0.361. The molecule has 0 bridgehead atoms. The SMILES string of the molecule is CCc1ccc(C(CC(C)CC)NC)o1. The number of rotatable bonds is 6. The van der Waals surface area contributed by atoms with Crippen LogP contribution >= 0.6 is 0 Å².